The van der Waals surface area contributed by atoms with Crippen LogP contribution in [0.15, 0.2) is 12.1 Å². The number of likely N-dealkylation sites (N-methyl/N-ethyl adjacent to an activating group) is 1. The standard InChI is InChI=1S/C21H32N2O4/c1-6-18(23(7-2)11-9-10-12-23)20(24)22-19-15(4)13-16(26-5)14-17(19)21(25)27-8-3/h13-14,18H,6-12H2,1-5H3/p+1. The SMILES string of the molecule is CCOC(=O)c1cc(OC)cc(C)c1NC(=O)C(CC)[N+]1(CC)CCCC1. The summed E-state index contributed by atoms with van der Waals surface area (Å²) in [6.45, 7) is 11.1. The molecule has 0 spiro atoms. The number of carbonyl (C=O) groups excluding carboxylic acids is 2. The molecule has 0 saturated carbocycles. The van der Waals surface area contributed by atoms with Gasteiger partial charge in [-0.05, 0) is 38.5 Å². The maximum Gasteiger partial charge on any atom is 0.340 e. The molecule has 27 heavy (non-hydrogen) atoms. The summed E-state index contributed by atoms with van der Waals surface area (Å²) in [6, 6.07) is 3.33. The number of hydrogen-bond donors (Lipinski definition) is 1. The van der Waals surface area contributed by atoms with E-state index in [4.69, 9.17) is 9.47 Å². The first-order valence-electron chi connectivity index (χ1n) is 9.94. The maximum absolute atomic E-state index is 13.2. The smallest absolute Gasteiger partial charge is 0.340 e. The van der Waals surface area contributed by atoms with Crippen LogP contribution >= 0.6 is 0 Å². The van der Waals surface area contributed by atoms with Crippen molar-refractivity contribution in [3.05, 3.63) is 23.3 Å². The van der Waals surface area contributed by atoms with Crippen molar-refractivity contribution in [2.45, 2.75) is 53.0 Å². The molecule has 150 valence electrons. The van der Waals surface area contributed by atoms with Crippen LogP contribution in [0.3, 0.4) is 0 Å². The number of methoxy groups -OCH3 is 1. The molecule has 6 nitrogen and oxygen atoms in total. The van der Waals surface area contributed by atoms with Gasteiger partial charge in [0.25, 0.3) is 5.91 Å². The van der Waals surface area contributed by atoms with E-state index in [0.717, 1.165) is 48.9 Å². The zero-order valence-electron chi connectivity index (χ0n) is 17.3. The Labute approximate surface area is 162 Å². The predicted molar refractivity (Wildman–Crippen MR) is 106 cm³/mol. The highest BCUT2D eigenvalue weighted by Gasteiger charge is 2.42. The first-order chi connectivity index (χ1) is 12.9. The molecule has 0 aromatic heterocycles. The third-order valence-corrected chi connectivity index (χ3v) is 5.73. The highest BCUT2D eigenvalue weighted by atomic mass is 16.5. The summed E-state index contributed by atoms with van der Waals surface area (Å²) in [5, 5.41) is 3.05. The Morgan fingerprint density at radius 2 is 1.85 bits per heavy atom. The van der Waals surface area contributed by atoms with Crippen molar-refractivity contribution in [2.75, 3.05) is 38.7 Å². The molecule has 1 aromatic carbocycles. The number of quaternary nitrogens is 1. The van der Waals surface area contributed by atoms with Gasteiger partial charge in [0.2, 0.25) is 0 Å². The normalized spacial score (nSPS) is 16.6. The quantitative estimate of drug-likeness (QED) is 0.556. The van der Waals surface area contributed by atoms with Crippen molar-refractivity contribution in [3.8, 4) is 5.75 Å². The van der Waals surface area contributed by atoms with Gasteiger partial charge in [0.1, 0.15) is 5.75 Å². The van der Waals surface area contributed by atoms with Crippen LogP contribution in [0.2, 0.25) is 0 Å². The predicted octanol–water partition coefficient (Wildman–Crippen LogP) is 3.53. The average Bonchev–Trinajstić information content (AvgIpc) is 3.13. The number of rotatable bonds is 8. The van der Waals surface area contributed by atoms with Gasteiger partial charge in [0.05, 0.1) is 44.6 Å². The van der Waals surface area contributed by atoms with E-state index in [1.54, 1.807) is 20.1 Å². The molecular formula is C21H33N2O4+. The highest BCUT2D eigenvalue weighted by molar-refractivity contribution is 6.03. The first kappa shape index (κ1) is 21.2. The number of carbonyl (C=O) groups is 2. The molecule has 0 radical (unpaired) electrons. The van der Waals surface area contributed by atoms with E-state index in [2.05, 4.69) is 19.2 Å². The van der Waals surface area contributed by atoms with Gasteiger partial charge >= 0.3 is 5.97 Å². The molecule has 1 aliphatic heterocycles. The number of nitrogens with zero attached hydrogens (tertiary/aromatic N) is 1. The van der Waals surface area contributed by atoms with E-state index >= 15 is 0 Å². The van der Waals surface area contributed by atoms with Crippen LogP contribution in [0.1, 0.15) is 56.0 Å². The summed E-state index contributed by atoms with van der Waals surface area (Å²) in [6.07, 6.45) is 3.09. The molecule has 1 amide bonds. The maximum atomic E-state index is 13.2. The fourth-order valence-electron chi connectivity index (χ4n) is 4.25. The van der Waals surface area contributed by atoms with Crippen LogP contribution in [0.4, 0.5) is 5.69 Å². The monoisotopic (exact) mass is 377 g/mol. The molecule has 1 fully saturated rings. The first-order valence-corrected chi connectivity index (χ1v) is 9.94. The molecule has 1 saturated heterocycles. The number of nitrogens with one attached hydrogen (secondary N) is 1. The minimum atomic E-state index is -0.455. The molecule has 6 heteroatoms. The van der Waals surface area contributed by atoms with Crippen molar-refractivity contribution in [1.29, 1.82) is 0 Å². The van der Waals surface area contributed by atoms with Gasteiger partial charge in [-0.2, -0.15) is 0 Å². The number of benzene rings is 1. The van der Waals surface area contributed by atoms with E-state index < -0.39 is 5.97 Å². The fraction of sp³-hybridized carbons (Fsp3) is 0.619. The Morgan fingerprint density at radius 3 is 2.37 bits per heavy atom. The average molecular weight is 378 g/mol. The van der Waals surface area contributed by atoms with E-state index in [-0.39, 0.29) is 18.6 Å². The lowest BCUT2D eigenvalue weighted by Gasteiger charge is -2.39. The lowest BCUT2D eigenvalue weighted by molar-refractivity contribution is -0.930. The number of anilines is 1. The van der Waals surface area contributed by atoms with Gasteiger partial charge in [-0.1, -0.05) is 6.92 Å². The van der Waals surface area contributed by atoms with Gasteiger partial charge in [-0.3, -0.25) is 4.79 Å². The second-order valence-electron chi connectivity index (χ2n) is 7.19. The summed E-state index contributed by atoms with van der Waals surface area (Å²) >= 11 is 0. The Bertz CT molecular complexity index is 681. The minimum Gasteiger partial charge on any atom is -0.497 e. The minimum absolute atomic E-state index is 0.0277. The Morgan fingerprint density at radius 1 is 1.19 bits per heavy atom. The number of aryl methyl sites for hydroxylation is 1. The third-order valence-electron chi connectivity index (χ3n) is 5.73. The fourth-order valence-corrected chi connectivity index (χ4v) is 4.25. The summed E-state index contributed by atoms with van der Waals surface area (Å²) < 4.78 is 11.3. The summed E-state index contributed by atoms with van der Waals surface area (Å²) in [7, 11) is 1.55. The molecule has 2 rings (SSSR count). The number of ether oxygens (including phenoxy) is 2. The Balaban J connectivity index is 2.37. The molecule has 1 aromatic rings. The van der Waals surface area contributed by atoms with Crippen molar-refractivity contribution in [2.24, 2.45) is 0 Å². The van der Waals surface area contributed by atoms with Crippen LogP contribution in [0.25, 0.3) is 0 Å². The molecule has 0 aliphatic carbocycles. The lowest BCUT2D eigenvalue weighted by atomic mass is 10.0. The van der Waals surface area contributed by atoms with E-state index in [1.807, 2.05) is 13.0 Å². The zero-order chi connectivity index (χ0) is 20.0. The molecule has 1 aliphatic rings. The van der Waals surface area contributed by atoms with Gasteiger partial charge in [-0.15, -0.1) is 0 Å². The topological polar surface area (TPSA) is 64.6 Å². The lowest BCUT2D eigenvalue weighted by Crippen LogP contribution is -2.57. The van der Waals surface area contributed by atoms with Crippen molar-refractivity contribution < 1.29 is 23.5 Å². The molecule has 1 unspecified atom stereocenters. The van der Waals surface area contributed by atoms with Crippen molar-refractivity contribution in [1.82, 2.24) is 0 Å². The van der Waals surface area contributed by atoms with Crippen LogP contribution in [-0.2, 0) is 9.53 Å². The summed E-state index contributed by atoms with van der Waals surface area (Å²) in [5.41, 5.74) is 1.64. The number of esters is 1. The number of hydrogen-bond acceptors (Lipinski definition) is 4. The van der Waals surface area contributed by atoms with Crippen LogP contribution in [0, 0.1) is 6.92 Å². The van der Waals surface area contributed by atoms with E-state index in [9.17, 15) is 9.59 Å². The summed E-state index contributed by atoms with van der Waals surface area (Å²) in [5.74, 6) is 0.0840. The molecule has 0 bridgehead atoms. The van der Waals surface area contributed by atoms with Gasteiger partial charge in [-0.25, -0.2) is 4.79 Å². The second kappa shape index (κ2) is 9.22. The highest BCUT2D eigenvalue weighted by Crippen LogP contribution is 2.30. The van der Waals surface area contributed by atoms with E-state index in [0.29, 0.717) is 17.0 Å². The second-order valence-corrected chi connectivity index (χ2v) is 7.19. The van der Waals surface area contributed by atoms with Crippen LogP contribution in [0.5, 0.6) is 5.75 Å². The summed E-state index contributed by atoms with van der Waals surface area (Å²) in [4.78, 5) is 25.7. The Hall–Kier alpha value is -2.08. The zero-order valence-corrected chi connectivity index (χ0v) is 17.3. The number of amides is 1. The van der Waals surface area contributed by atoms with E-state index in [1.165, 1.54) is 0 Å². The van der Waals surface area contributed by atoms with Gasteiger partial charge < -0.3 is 19.3 Å². The van der Waals surface area contributed by atoms with Gasteiger partial charge in [0.15, 0.2) is 6.04 Å². The molecule has 1 atom stereocenters. The molecule has 1 N–H and O–H groups in total. The molecule has 1 heterocycles. The molecular weight excluding hydrogens is 344 g/mol. The van der Waals surface area contributed by atoms with Crippen molar-refractivity contribution >= 4 is 17.6 Å². The largest absolute Gasteiger partial charge is 0.497 e. The third kappa shape index (κ3) is 4.43. The van der Waals surface area contributed by atoms with Crippen LogP contribution in [-0.4, -0.2) is 55.8 Å². The van der Waals surface area contributed by atoms with Crippen molar-refractivity contribution in [3.63, 3.8) is 0 Å². The number of likely N-dealkylation sites (tertiary alicyclic amines) is 1. The van der Waals surface area contributed by atoms with Gasteiger partial charge in [0, 0.05) is 19.3 Å². The van der Waals surface area contributed by atoms with Crippen LogP contribution < -0.4 is 10.1 Å². The Kier molecular flexibility index (Phi) is 7.25.